The Bertz CT molecular complexity index is 829. The molecule has 1 saturated heterocycles. The molecule has 156 valence electrons. The highest BCUT2D eigenvalue weighted by molar-refractivity contribution is 6.03. The van der Waals surface area contributed by atoms with Gasteiger partial charge in [0.05, 0.1) is 17.8 Å². The molecule has 3 N–H and O–H groups in total. The summed E-state index contributed by atoms with van der Waals surface area (Å²) in [4.78, 5) is 12.7. The van der Waals surface area contributed by atoms with Crippen LogP contribution in [0.5, 0.6) is 5.75 Å². The summed E-state index contributed by atoms with van der Waals surface area (Å²) in [6.07, 6.45) is 5.19. The fraction of sp³-hybridized carbons (Fsp3) is 0.571. The Morgan fingerprint density at radius 2 is 1.90 bits per heavy atom. The number of ether oxygens (including phenoxy) is 1. The summed E-state index contributed by atoms with van der Waals surface area (Å²) in [5.74, 6) is 0.432. The second-order valence-corrected chi connectivity index (χ2v) is 7.94. The Labute approximate surface area is 170 Å². The third-order valence-corrected chi connectivity index (χ3v) is 5.86. The number of rotatable bonds is 5. The second-order valence-electron chi connectivity index (χ2n) is 7.94. The van der Waals surface area contributed by atoms with Gasteiger partial charge in [0, 0.05) is 5.69 Å². The van der Waals surface area contributed by atoms with Gasteiger partial charge in [-0.1, -0.05) is 11.6 Å². The quantitative estimate of drug-likeness (QED) is 0.714. The molecule has 1 saturated carbocycles. The predicted octanol–water partition coefficient (Wildman–Crippen LogP) is 2.45. The summed E-state index contributed by atoms with van der Waals surface area (Å²) in [6.45, 7) is 3.80. The normalized spacial score (nSPS) is 23.0. The maximum absolute atomic E-state index is 12.7. The first-order chi connectivity index (χ1) is 14.1. The van der Waals surface area contributed by atoms with Gasteiger partial charge in [-0.3, -0.25) is 4.79 Å². The molecular weight excluding hydrogens is 370 g/mol. The van der Waals surface area contributed by atoms with E-state index in [1.807, 2.05) is 23.7 Å². The van der Waals surface area contributed by atoms with Crippen LogP contribution in [-0.4, -0.2) is 51.3 Å². The monoisotopic (exact) mass is 399 g/mol. The molecule has 8 nitrogen and oxygen atoms in total. The minimum atomic E-state index is -0.409. The standard InChI is InChI=1S/C21H29N5O3/c1-14-20(24-25-26(14)16-10-12-22-13-11-16)21(28)23-15-6-8-17(9-7-15)29-19-5-3-2-4-18(19)27/h6-9,16,18-19,22,27H,2-5,10-13H2,1H3,(H,23,28). The maximum atomic E-state index is 12.7. The van der Waals surface area contributed by atoms with Crippen LogP contribution in [0.25, 0.3) is 0 Å². The van der Waals surface area contributed by atoms with E-state index in [2.05, 4.69) is 20.9 Å². The van der Waals surface area contributed by atoms with Crippen LogP contribution < -0.4 is 15.4 Å². The van der Waals surface area contributed by atoms with Gasteiger partial charge in [0.25, 0.3) is 5.91 Å². The molecule has 0 radical (unpaired) electrons. The minimum absolute atomic E-state index is 0.156. The number of anilines is 1. The first-order valence-electron chi connectivity index (χ1n) is 10.5. The van der Waals surface area contributed by atoms with Gasteiger partial charge in [0.1, 0.15) is 11.9 Å². The fourth-order valence-corrected chi connectivity index (χ4v) is 4.15. The van der Waals surface area contributed by atoms with Crippen LogP contribution in [-0.2, 0) is 0 Å². The average Bonchev–Trinajstić information content (AvgIpc) is 3.13. The van der Waals surface area contributed by atoms with Gasteiger partial charge >= 0.3 is 0 Å². The third kappa shape index (κ3) is 4.59. The molecule has 2 heterocycles. The highest BCUT2D eigenvalue weighted by Gasteiger charge is 2.25. The van der Waals surface area contributed by atoms with E-state index in [4.69, 9.17) is 4.74 Å². The van der Waals surface area contributed by atoms with Crippen LogP contribution in [0.4, 0.5) is 5.69 Å². The van der Waals surface area contributed by atoms with Crippen LogP contribution in [0.2, 0.25) is 0 Å². The van der Waals surface area contributed by atoms with Crippen molar-refractivity contribution in [2.24, 2.45) is 0 Å². The molecular formula is C21H29N5O3. The Hall–Kier alpha value is -2.45. The summed E-state index contributed by atoms with van der Waals surface area (Å²) in [7, 11) is 0. The first kappa shape index (κ1) is 19.8. The molecule has 8 heteroatoms. The average molecular weight is 399 g/mol. The van der Waals surface area contributed by atoms with Crippen molar-refractivity contribution >= 4 is 11.6 Å². The van der Waals surface area contributed by atoms with E-state index in [1.54, 1.807) is 12.1 Å². The Morgan fingerprint density at radius 1 is 1.17 bits per heavy atom. The number of carbonyl (C=O) groups is 1. The van der Waals surface area contributed by atoms with Gasteiger partial charge in [0.2, 0.25) is 0 Å². The van der Waals surface area contributed by atoms with E-state index in [0.29, 0.717) is 17.1 Å². The lowest BCUT2D eigenvalue weighted by atomic mass is 9.95. The van der Waals surface area contributed by atoms with Crippen LogP contribution in [0.3, 0.4) is 0 Å². The molecule has 4 rings (SSSR count). The minimum Gasteiger partial charge on any atom is -0.488 e. The number of hydrogen-bond acceptors (Lipinski definition) is 6. The summed E-state index contributed by atoms with van der Waals surface area (Å²) in [6, 6.07) is 7.52. The second kappa shape index (κ2) is 8.92. The van der Waals surface area contributed by atoms with Crippen LogP contribution in [0, 0.1) is 6.92 Å². The smallest absolute Gasteiger partial charge is 0.278 e. The molecule has 2 atom stereocenters. The highest BCUT2D eigenvalue weighted by atomic mass is 16.5. The van der Waals surface area contributed by atoms with Gasteiger partial charge in [0.15, 0.2) is 5.69 Å². The number of nitrogens with zero attached hydrogens (tertiary/aromatic N) is 3. The van der Waals surface area contributed by atoms with Gasteiger partial charge in [-0.05, 0) is 76.4 Å². The number of aliphatic hydroxyl groups is 1. The molecule has 2 unspecified atom stereocenters. The van der Waals surface area contributed by atoms with E-state index in [-0.39, 0.29) is 18.1 Å². The first-order valence-corrected chi connectivity index (χ1v) is 10.5. The van der Waals surface area contributed by atoms with Crippen LogP contribution in [0.1, 0.15) is 60.7 Å². The Morgan fingerprint density at radius 3 is 2.62 bits per heavy atom. The van der Waals surface area contributed by atoms with E-state index >= 15 is 0 Å². The molecule has 1 aromatic heterocycles. The lowest BCUT2D eigenvalue weighted by Crippen LogP contribution is -2.34. The number of piperidine rings is 1. The van der Waals surface area contributed by atoms with E-state index in [1.165, 1.54) is 0 Å². The molecule has 2 fully saturated rings. The number of aromatic nitrogens is 3. The summed E-state index contributed by atoms with van der Waals surface area (Å²) >= 11 is 0. The van der Waals surface area contributed by atoms with E-state index in [9.17, 15) is 9.90 Å². The predicted molar refractivity (Wildman–Crippen MR) is 109 cm³/mol. The topological polar surface area (TPSA) is 101 Å². The third-order valence-electron chi connectivity index (χ3n) is 5.86. The van der Waals surface area contributed by atoms with Gasteiger partial charge in [-0.2, -0.15) is 0 Å². The zero-order valence-electron chi connectivity index (χ0n) is 16.8. The van der Waals surface area contributed by atoms with Crippen molar-refractivity contribution in [3.05, 3.63) is 35.7 Å². The van der Waals surface area contributed by atoms with Gasteiger partial charge < -0.3 is 20.5 Å². The molecule has 0 bridgehead atoms. The molecule has 1 aliphatic heterocycles. The number of aliphatic hydroxyl groups excluding tert-OH is 1. The largest absolute Gasteiger partial charge is 0.488 e. The SMILES string of the molecule is Cc1c(C(=O)Nc2ccc(OC3CCCCC3O)cc2)nnn1C1CCNCC1. The zero-order chi connectivity index (χ0) is 20.2. The maximum Gasteiger partial charge on any atom is 0.278 e. The summed E-state index contributed by atoms with van der Waals surface area (Å²) in [5, 5.41) is 24.6. The van der Waals surface area contributed by atoms with Crippen molar-refractivity contribution in [3.8, 4) is 5.75 Å². The molecule has 0 spiro atoms. The number of nitrogens with one attached hydrogen (secondary N) is 2. The van der Waals surface area contributed by atoms with Crippen LogP contribution >= 0.6 is 0 Å². The van der Waals surface area contributed by atoms with Crippen LogP contribution in [0.15, 0.2) is 24.3 Å². The lowest BCUT2D eigenvalue weighted by molar-refractivity contribution is 0.00688. The molecule has 29 heavy (non-hydrogen) atoms. The van der Waals surface area contributed by atoms with Crippen molar-refractivity contribution in [1.29, 1.82) is 0 Å². The fourth-order valence-electron chi connectivity index (χ4n) is 4.15. The van der Waals surface area contributed by atoms with E-state index in [0.717, 1.165) is 57.3 Å². The molecule has 1 aliphatic carbocycles. The summed E-state index contributed by atoms with van der Waals surface area (Å²) < 4.78 is 7.79. The number of amides is 1. The Kier molecular flexibility index (Phi) is 6.10. The van der Waals surface area contributed by atoms with Crippen molar-refractivity contribution < 1.29 is 14.6 Å². The molecule has 2 aliphatic rings. The van der Waals surface area contributed by atoms with Crippen molar-refractivity contribution in [2.75, 3.05) is 18.4 Å². The number of carbonyl (C=O) groups excluding carboxylic acids is 1. The highest BCUT2D eigenvalue weighted by Crippen LogP contribution is 2.25. The van der Waals surface area contributed by atoms with Crippen molar-refractivity contribution in [1.82, 2.24) is 20.3 Å². The summed E-state index contributed by atoms with van der Waals surface area (Å²) in [5.41, 5.74) is 1.82. The molecule has 2 aromatic rings. The van der Waals surface area contributed by atoms with Gasteiger partial charge in [-0.15, -0.1) is 5.10 Å². The van der Waals surface area contributed by atoms with Crippen molar-refractivity contribution in [3.63, 3.8) is 0 Å². The molecule has 1 amide bonds. The lowest BCUT2D eigenvalue weighted by Gasteiger charge is -2.28. The van der Waals surface area contributed by atoms with Gasteiger partial charge in [-0.25, -0.2) is 4.68 Å². The number of benzene rings is 1. The molecule has 1 aromatic carbocycles. The number of hydrogen-bond donors (Lipinski definition) is 3. The Balaban J connectivity index is 1.38. The van der Waals surface area contributed by atoms with E-state index < -0.39 is 6.10 Å². The van der Waals surface area contributed by atoms with Crippen molar-refractivity contribution in [2.45, 2.75) is 63.7 Å². The zero-order valence-corrected chi connectivity index (χ0v) is 16.8.